The van der Waals surface area contributed by atoms with Crippen molar-refractivity contribution in [3.63, 3.8) is 0 Å². The molecule has 1 saturated heterocycles. The zero-order valence-corrected chi connectivity index (χ0v) is 16.2. The lowest BCUT2D eigenvalue weighted by molar-refractivity contribution is 0.120. The van der Waals surface area contributed by atoms with Crippen LogP contribution in [0, 0.1) is 18.6 Å². The highest BCUT2D eigenvalue weighted by Gasteiger charge is 2.20. The van der Waals surface area contributed by atoms with Crippen LogP contribution >= 0.6 is 0 Å². The first kappa shape index (κ1) is 19.3. The van der Waals surface area contributed by atoms with E-state index in [9.17, 15) is 13.6 Å². The molecule has 152 valence electrons. The van der Waals surface area contributed by atoms with E-state index in [2.05, 4.69) is 10.3 Å². The molecule has 0 spiro atoms. The number of rotatable bonds is 4. The molecule has 0 aliphatic carbocycles. The van der Waals surface area contributed by atoms with Gasteiger partial charge in [0.25, 0.3) is 5.56 Å². The van der Waals surface area contributed by atoms with Crippen LogP contribution in [0.3, 0.4) is 0 Å². The standard InChI is InChI=1S/C21H21F2N3O3/c1-12-7-17(13(2)24-16-10-14(22)9-15(23)11-16)19-18(8-12)20(27)25-21(29-19)26-3-5-28-6-4-26/h7-11,13,24H,3-6H2,1-2H3. The lowest BCUT2D eigenvalue weighted by Crippen LogP contribution is -2.37. The summed E-state index contributed by atoms with van der Waals surface area (Å²) in [6.07, 6.45) is 0. The molecule has 1 fully saturated rings. The van der Waals surface area contributed by atoms with E-state index in [1.165, 1.54) is 12.1 Å². The van der Waals surface area contributed by atoms with Crippen molar-refractivity contribution in [3.05, 3.63) is 63.4 Å². The Hall–Kier alpha value is -3.00. The van der Waals surface area contributed by atoms with Gasteiger partial charge in [-0.05, 0) is 37.6 Å². The number of anilines is 2. The van der Waals surface area contributed by atoms with Crippen LogP contribution in [-0.2, 0) is 4.74 Å². The Bertz CT molecular complexity index is 1090. The Morgan fingerprint density at radius 2 is 1.79 bits per heavy atom. The van der Waals surface area contributed by atoms with Crippen molar-refractivity contribution in [2.45, 2.75) is 19.9 Å². The van der Waals surface area contributed by atoms with Crippen LogP contribution in [0.5, 0.6) is 0 Å². The topological polar surface area (TPSA) is 67.6 Å². The highest BCUT2D eigenvalue weighted by Crippen LogP contribution is 2.29. The average molecular weight is 401 g/mol. The van der Waals surface area contributed by atoms with Crippen LogP contribution < -0.4 is 15.8 Å². The summed E-state index contributed by atoms with van der Waals surface area (Å²) in [5.41, 5.74) is 1.91. The third-order valence-electron chi connectivity index (χ3n) is 4.88. The minimum atomic E-state index is -0.667. The van der Waals surface area contributed by atoms with Crippen LogP contribution in [0.15, 0.2) is 39.5 Å². The number of benzene rings is 2. The van der Waals surface area contributed by atoms with Crippen molar-refractivity contribution in [1.82, 2.24) is 4.98 Å². The molecule has 8 heteroatoms. The SMILES string of the molecule is Cc1cc(C(C)Nc2cc(F)cc(F)c2)c2oc(N3CCOCC3)nc(=O)c2c1. The van der Waals surface area contributed by atoms with Crippen LogP contribution in [0.4, 0.5) is 20.5 Å². The van der Waals surface area contributed by atoms with Gasteiger partial charge in [0, 0.05) is 30.4 Å². The zero-order chi connectivity index (χ0) is 20.5. The van der Waals surface area contributed by atoms with Crippen molar-refractivity contribution in [1.29, 1.82) is 0 Å². The fourth-order valence-electron chi connectivity index (χ4n) is 3.51. The largest absolute Gasteiger partial charge is 0.424 e. The first-order chi connectivity index (χ1) is 13.9. The summed E-state index contributed by atoms with van der Waals surface area (Å²) < 4.78 is 38.5. The summed E-state index contributed by atoms with van der Waals surface area (Å²) in [6.45, 7) is 5.94. The number of hydrogen-bond donors (Lipinski definition) is 1. The molecule has 1 aliphatic heterocycles. The summed E-state index contributed by atoms with van der Waals surface area (Å²) in [4.78, 5) is 18.6. The smallest absolute Gasteiger partial charge is 0.301 e. The van der Waals surface area contributed by atoms with Gasteiger partial charge in [-0.1, -0.05) is 6.07 Å². The van der Waals surface area contributed by atoms with Crippen LogP contribution in [0.1, 0.15) is 24.1 Å². The Morgan fingerprint density at radius 1 is 1.10 bits per heavy atom. The molecular weight excluding hydrogens is 380 g/mol. The van der Waals surface area contributed by atoms with Gasteiger partial charge in [-0.25, -0.2) is 8.78 Å². The quantitative estimate of drug-likeness (QED) is 0.718. The number of aryl methyl sites for hydroxylation is 1. The van der Waals surface area contributed by atoms with E-state index in [0.717, 1.165) is 11.6 Å². The first-order valence-electron chi connectivity index (χ1n) is 9.41. The molecule has 4 rings (SSSR count). The van der Waals surface area contributed by atoms with Gasteiger partial charge in [-0.2, -0.15) is 4.98 Å². The van der Waals surface area contributed by atoms with Gasteiger partial charge in [0.05, 0.1) is 24.6 Å². The van der Waals surface area contributed by atoms with Crippen molar-refractivity contribution in [2.75, 3.05) is 36.5 Å². The summed E-state index contributed by atoms with van der Waals surface area (Å²) in [6, 6.07) is 6.75. The number of morpholine rings is 1. The maximum absolute atomic E-state index is 13.5. The maximum atomic E-state index is 13.5. The Kier molecular flexibility index (Phi) is 5.19. The Morgan fingerprint density at radius 3 is 2.48 bits per heavy atom. The minimum absolute atomic E-state index is 0.250. The normalized spacial score (nSPS) is 15.5. The van der Waals surface area contributed by atoms with Crippen molar-refractivity contribution >= 4 is 22.7 Å². The summed E-state index contributed by atoms with van der Waals surface area (Å²) in [5, 5.41) is 3.45. The van der Waals surface area contributed by atoms with Gasteiger partial charge in [0.2, 0.25) is 0 Å². The van der Waals surface area contributed by atoms with E-state index in [1.807, 2.05) is 24.8 Å². The molecule has 1 atom stereocenters. The monoisotopic (exact) mass is 401 g/mol. The third kappa shape index (κ3) is 4.07. The molecule has 6 nitrogen and oxygen atoms in total. The molecule has 0 saturated carbocycles. The number of halogens is 2. The number of aromatic nitrogens is 1. The number of nitrogens with one attached hydrogen (secondary N) is 1. The second-order valence-electron chi connectivity index (χ2n) is 7.16. The summed E-state index contributed by atoms with van der Waals surface area (Å²) >= 11 is 0. The minimum Gasteiger partial charge on any atom is -0.424 e. The lowest BCUT2D eigenvalue weighted by Gasteiger charge is -2.26. The second kappa shape index (κ2) is 7.79. The molecule has 29 heavy (non-hydrogen) atoms. The summed E-state index contributed by atoms with van der Waals surface area (Å²) in [7, 11) is 0. The molecule has 1 aliphatic rings. The number of ether oxygens (including phenoxy) is 1. The fourth-order valence-corrected chi connectivity index (χ4v) is 3.51. The average Bonchev–Trinajstić information content (AvgIpc) is 2.67. The molecule has 0 radical (unpaired) electrons. The molecular formula is C21H21F2N3O3. The highest BCUT2D eigenvalue weighted by atomic mass is 19.1. The predicted octanol–water partition coefficient (Wildman–Crippen LogP) is 3.78. The van der Waals surface area contributed by atoms with E-state index in [0.29, 0.717) is 48.5 Å². The van der Waals surface area contributed by atoms with Gasteiger partial charge in [0.15, 0.2) is 0 Å². The van der Waals surface area contributed by atoms with E-state index >= 15 is 0 Å². The molecule has 3 aromatic rings. The highest BCUT2D eigenvalue weighted by molar-refractivity contribution is 5.81. The van der Waals surface area contributed by atoms with Crippen LogP contribution in [0.25, 0.3) is 11.0 Å². The van der Waals surface area contributed by atoms with E-state index in [1.54, 1.807) is 6.07 Å². The third-order valence-corrected chi connectivity index (χ3v) is 4.88. The Labute approximate surface area is 166 Å². The van der Waals surface area contributed by atoms with Gasteiger partial charge in [-0.15, -0.1) is 0 Å². The first-order valence-corrected chi connectivity index (χ1v) is 9.41. The Balaban J connectivity index is 1.77. The van der Waals surface area contributed by atoms with Crippen molar-refractivity contribution in [3.8, 4) is 0 Å². The molecule has 1 N–H and O–H groups in total. The second-order valence-corrected chi connectivity index (χ2v) is 7.16. The predicted molar refractivity (Wildman–Crippen MR) is 106 cm³/mol. The van der Waals surface area contributed by atoms with Crippen LogP contribution in [-0.4, -0.2) is 31.3 Å². The van der Waals surface area contributed by atoms with E-state index in [-0.39, 0.29) is 17.6 Å². The molecule has 1 aromatic heterocycles. The maximum Gasteiger partial charge on any atom is 0.301 e. The van der Waals surface area contributed by atoms with Crippen molar-refractivity contribution in [2.24, 2.45) is 0 Å². The molecule has 2 aromatic carbocycles. The molecule has 0 amide bonds. The molecule has 2 heterocycles. The van der Waals surface area contributed by atoms with Crippen molar-refractivity contribution < 1.29 is 17.9 Å². The fraction of sp³-hybridized carbons (Fsp3) is 0.333. The lowest BCUT2D eigenvalue weighted by atomic mass is 10.0. The number of nitrogens with zero attached hydrogens (tertiary/aromatic N) is 2. The van der Waals surface area contributed by atoms with Gasteiger partial charge < -0.3 is 19.4 Å². The molecule has 0 bridgehead atoms. The number of hydrogen-bond acceptors (Lipinski definition) is 6. The van der Waals surface area contributed by atoms with E-state index < -0.39 is 11.6 Å². The summed E-state index contributed by atoms with van der Waals surface area (Å²) in [5.74, 6) is -1.33. The molecule has 1 unspecified atom stereocenters. The van der Waals surface area contributed by atoms with Gasteiger partial charge in [0.1, 0.15) is 17.2 Å². The number of fused-ring (bicyclic) bond motifs is 1. The zero-order valence-electron chi connectivity index (χ0n) is 16.2. The van der Waals surface area contributed by atoms with Gasteiger partial charge >= 0.3 is 6.01 Å². The van der Waals surface area contributed by atoms with E-state index in [4.69, 9.17) is 9.15 Å². The van der Waals surface area contributed by atoms with Crippen LogP contribution in [0.2, 0.25) is 0 Å². The van der Waals surface area contributed by atoms with Gasteiger partial charge in [-0.3, -0.25) is 4.79 Å².